The third-order valence-corrected chi connectivity index (χ3v) is 7.70. The number of carbonyl (C=O) groups excluding carboxylic acids is 1. The van der Waals surface area contributed by atoms with Gasteiger partial charge in [-0.15, -0.1) is 0 Å². The van der Waals surface area contributed by atoms with Gasteiger partial charge in [0.2, 0.25) is 0 Å². The number of ether oxygens (including phenoxy) is 2. The predicted octanol–water partition coefficient (Wildman–Crippen LogP) is 6.72. The zero-order chi connectivity index (χ0) is 28.7. The van der Waals surface area contributed by atoms with Gasteiger partial charge >= 0.3 is 5.97 Å². The predicted molar refractivity (Wildman–Crippen MR) is 147 cm³/mol. The molecule has 0 aliphatic carbocycles. The van der Waals surface area contributed by atoms with Crippen LogP contribution in [0.4, 0.5) is 14.5 Å². The van der Waals surface area contributed by atoms with Gasteiger partial charge in [-0.25, -0.2) is 13.6 Å². The quantitative estimate of drug-likeness (QED) is 0.0786. The summed E-state index contributed by atoms with van der Waals surface area (Å²) in [5, 5.41) is 10.8. The average molecular weight is 561 g/mol. The van der Waals surface area contributed by atoms with Crippen LogP contribution < -0.4 is 4.74 Å². The first kappa shape index (κ1) is 28.3. The van der Waals surface area contributed by atoms with Gasteiger partial charge in [0.25, 0.3) is 5.69 Å². The zero-order valence-corrected chi connectivity index (χ0v) is 22.4. The molecule has 0 aliphatic heterocycles. The Balaban J connectivity index is 1.40. The molecule has 0 aromatic heterocycles. The van der Waals surface area contributed by atoms with Gasteiger partial charge in [0.05, 0.1) is 15.8 Å². The van der Waals surface area contributed by atoms with Crippen LogP contribution in [0.5, 0.6) is 5.75 Å². The van der Waals surface area contributed by atoms with Crippen molar-refractivity contribution >= 4 is 22.6 Å². The minimum Gasteiger partial charge on any atom is -0.482 e. The van der Waals surface area contributed by atoms with E-state index in [0.29, 0.717) is 11.3 Å². The molecule has 0 N–H and O–H groups in total. The lowest BCUT2D eigenvalue weighted by molar-refractivity contribution is -0.384. The molecule has 4 aromatic rings. The molecule has 0 aliphatic rings. The van der Waals surface area contributed by atoms with Crippen molar-refractivity contribution in [2.45, 2.75) is 34.1 Å². The van der Waals surface area contributed by atoms with Crippen LogP contribution in [-0.2, 0) is 20.4 Å². The van der Waals surface area contributed by atoms with Crippen LogP contribution in [0.1, 0.15) is 19.4 Å². The number of carbonyl (C=O) groups is 1. The first-order chi connectivity index (χ1) is 19.1. The Morgan fingerprint density at radius 2 is 1.30 bits per heavy atom. The normalized spacial score (nSPS) is 10.9. The van der Waals surface area contributed by atoms with Gasteiger partial charge in [0.15, 0.2) is 26.9 Å². The van der Waals surface area contributed by atoms with E-state index in [1.165, 1.54) is 48.5 Å². The van der Waals surface area contributed by atoms with E-state index in [2.05, 4.69) is 11.8 Å². The number of nitrogens with zero attached hydrogens (tertiary/aromatic N) is 1. The summed E-state index contributed by atoms with van der Waals surface area (Å²) in [5.41, 5.74) is -0.611. The topological polar surface area (TPSA) is 78.7 Å². The summed E-state index contributed by atoms with van der Waals surface area (Å²) in [6, 6.07) is 25.2. The van der Waals surface area contributed by atoms with E-state index in [1.807, 2.05) is 12.1 Å². The number of non-ortho nitro benzene ring substituents is 1. The Hall–Kier alpha value is -4.68. The van der Waals surface area contributed by atoms with Crippen molar-refractivity contribution < 1.29 is 28.0 Å². The van der Waals surface area contributed by atoms with Crippen molar-refractivity contribution in [1.29, 1.82) is 0 Å². The molecule has 40 heavy (non-hydrogen) atoms. The molecule has 0 saturated heterocycles. The number of benzene rings is 4. The van der Waals surface area contributed by atoms with Crippen molar-refractivity contribution in [3.63, 3.8) is 0 Å². The minimum atomic E-state index is -1.12. The van der Waals surface area contributed by atoms with Gasteiger partial charge in [0.1, 0.15) is 17.4 Å². The highest BCUT2D eigenvalue weighted by atomic mass is 32.2. The molecule has 0 radical (unpaired) electrons. The molecule has 4 rings (SSSR count). The van der Waals surface area contributed by atoms with E-state index in [9.17, 15) is 23.7 Å². The fraction of sp³-hybridized carbons (Fsp3) is 0.129. The molecule has 0 unspecified atom stereocenters. The van der Waals surface area contributed by atoms with Crippen molar-refractivity contribution in [1.82, 2.24) is 0 Å². The second-order valence-electron chi connectivity index (χ2n) is 9.01. The third-order valence-electron chi connectivity index (χ3n) is 5.47. The van der Waals surface area contributed by atoms with Gasteiger partial charge in [-0.05, 0) is 98.8 Å². The highest BCUT2D eigenvalue weighted by Gasteiger charge is 2.29. The molecule has 0 saturated carbocycles. The number of hydrogen-bond acceptors (Lipinski definition) is 5. The van der Waals surface area contributed by atoms with Gasteiger partial charge in [0, 0.05) is 17.7 Å². The van der Waals surface area contributed by atoms with Crippen molar-refractivity contribution in [2.24, 2.45) is 0 Å². The first-order valence-electron chi connectivity index (χ1n) is 12.1. The zero-order valence-electron chi connectivity index (χ0n) is 21.6. The van der Waals surface area contributed by atoms with Gasteiger partial charge in [-0.2, -0.15) is 0 Å². The summed E-state index contributed by atoms with van der Waals surface area (Å²) in [6.45, 7) is 2.91. The maximum Gasteiger partial charge on any atom is 0.345 e. The molecule has 0 amide bonds. The van der Waals surface area contributed by atoms with Gasteiger partial charge in [-0.3, -0.25) is 10.1 Å². The molecule has 0 atom stereocenters. The van der Waals surface area contributed by atoms with Gasteiger partial charge in [-0.1, -0.05) is 11.8 Å². The Morgan fingerprint density at radius 3 is 1.77 bits per heavy atom. The summed E-state index contributed by atoms with van der Waals surface area (Å²) in [5.74, 6) is 4.83. The van der Waals surface area contributed by atoms with E-state index in [-0.39, 0.29) is 23.9 Å². The van der Waals surface area contributed by atoms with Crippen LogP contribution in [0.2, 0.25) is 0 Å². The molecule has 0 heterocycles. The lowest BCUT2D eigenvalue weighted by Gasteiger charge is -2.19. The number of esters is 1. The maximum absolute atomic E-state index is 13.5. The summed E-state index contributed by atoms with van der Waals surface area (Å²) >= 11 is 0. The molecule has 0 bridgehead atoms. The number of hydrogen-bond donors (Lipinski definition) is 0. The fourth-order valence-electron chi connectivity index (χ4n) is 3.59. The smallest absolute Gasteiger partial charge is 0.345 e. The molecule has 6 nitrogen and oxygen atoms in total. The molecule has 0 spiro atoms. The average Bonchev–Trinajstić information content (AvgIpc) is 2.94. The van der Waals surface area contributed by atoms with Crippen LogP contribution in [0, 0.1) is 33.6 Å². The number of rotatable bonds is 8. The summed E-state index contributed by atoms with van der Waals surface area (Å²) in [7, 11) is -0.617. The van der Waals surface area contributed by atoms with E-state index >= 15 is 0 Å². The number of nitro groups is 1. The SMILES string of the molecule is CC(C)(C#Cc1ccc([N+](=O)[O-])cc1)OC(=O)COc1ccc([S+](c2ccc(F)cc2)c2ccc(F)cc2)cc1. The number of nitro benzene ring substituents is 1. The van der Waals surface area contributed by atoms with Crippen LogP contribution in [0.25, 0.3) is 0 Å². The van der Waals surface area contributed by atoms with Crippen LogP contribution >= 0.6 is 0 Å². The molecule has 9 heteroatoms. The monoisotopic (exact) mass is 560 g/mol. The molecular weight excluding hydrogens is 536 g/mol. The second kappa shape index (κ2) is 12.5. The van der Waals surface area contributed by atoms with E-state index in [4.69, 9.17) is 9.47 Å². The standard InChI is InChI=1S/C31H24F2NO5S/c1-31(2,20-19-22-3-9-25(10-4-22)34(36)37)39-30(35)21-38-26-11-17-29(18-12-26)40(27-13-5-23(32)6-14-27)28-15-7-24(33)8-16-28/h3-18H,21H2,1-2H3/q+1. The second-order valence-corrected chi connectivity index (χ2v) is 11.0. The third kappa shape index (κ3) is 7.68. The van der Waals surface area contributed by atoms with E-state index in [1.54, 1.807) is 50.2 Å². The molecule has 0 fully saturated rings. The highest BCUT2D eigenvalue weighted by molar-refractivity contribution is 7.97. The Labute approximate surface area is 233 Å². The lowest BCUT2D eigenvalue weighted by Crippen LogP contribution is -2.29. The van der Waals surface area contributed by atoms with Gasteiger partial charge < -0.3 is 9.47 Å². The van der Waals surface area contributed by atoms with Crippen molar-refractivity contribution in [3.8, 4) is 17.6 Å². The Morgan fingerprint density at radius 1 is 0.825 bits per heavy atom. The molecule has 202 valence electrons. The number of halogens is 2. The largest absolute Gasteiger partial charge is 0.482 e. The van der Waals surface area contributed by atoms with Crippen molar-refractivity contribution in [3.05, 3.63) is 124 Å². The molecule has 4 aromatic carbocycles. The highest BCUT2D eigenvalue weighted by Crippen LogP contribution is 2.32. The summed E-state index contributed by atoms with van der Waals surface area (Å²) in [6.07, 6.45) is 0. The van der Waals surface area contributed by atoms with Crippen LogP contribution in [0.15, 0.2) is 112 Å². The van der Waals surface area contributed by atoms with Crippen LogP contribution in [-0.4, -0.2) is 23.1 Å². The minimum absolute atomic E-state index is 0.0386. The Kier molecular flexibility index (Phi) is 8.82. The van der Waals surface area contributed by atoms with E-state index < -0.39 is 27.4 Å². The van der Waals surface area contributed by atoms with Crippen LogP contribution in [0.3, 0.4) is 0 Å². The maximum atomic E-state index is 13.5. The summed E-state index contributed by atoms with van der Waals surface area (Å²) in [4.78, 5) is 25.3. The first-order valence-corrected chi connectivity index (χ1v) is 13.3. The molecular formula is C31H24F2NO5S+. The van der Waals surface area contributed by atoms with Crippen molar-refractivity contribution in [2.75, 3.05) is 6.61 Å². The summed E-state index contributed by atoms with van der Waals surface area (Å²) < 4.78 is 38.1. The Bertz CT molecular complexity index is 1500. The lowest BCUT2D eigenvalue weighted by atomic mass is 10.1. The fourth-order valence-corrected chi connectivity index (χ4v) is 5.63. The van der Waals surface area contributed by atoms with E-state index in [0.717, 1.165) is 14.7 Å².